The molecule has 3 rings (SSSR count). The van der Waals surface area contributed by atoms with Crippen molar-refractivity contribution in [2.75, 3.05) is 0 Å². The number of hydrogen-bond donors (Lipinski definition) is 0. The minimum absolute atomic E-state index is 0.0646. The third-order valence-corrected chi connectivity index (χ3v) is 3.70. The van der Waals surface area contributed by atoms with Crippen LogP contribution < -0.4 is 0 Å². The van der Waals surface area contributed by atoms with Crippen molar-refractivity contribution in [2.24, 2.45) is 0 Å². The summed E-state index contributed by atoms with van der Waals surface area (Å²) < 4.78 is 48.6. The van der Waals surface area contributed by atoms with E-state index in [1.54, 1.807) is 19.9 Å². The third-order valence-electron chi connectivity index (χ3n) is 3.43. The lowest BCUT2D eigenvalue weighted by atomic mass is 10.1. The number of aromatic nitrogens is 2. The number of nitrogens with zero attached hydrogens (tertiary/aromatic N) is 2. The number of hydrogen-bond acceptors (Lipinski definition) is 4. The molecule has 0 unspecified atom stereocenters. The molecular formula is C17H12ClF3N2O2. The monoisotopic (exact) mass is 368 g/mol. The van der Waals surface area contributed by atoms with Crippen LogP contribution in [0.4, 0.5) is 13.2 Å². The van der Waals surface area contributed by atoms with Crippen LogP contribution in [0, 0.1) is 13.8 Å². The van der Waals surface area contributed by atoms with Gasteiger partial charge in [0.1, 0.15) is 16.6 Å². The van der Waals surface area contributed by atoms with E-state index in [9.17, 15) is 13.2 Å². The lowest BCUT2D eigenvalue weighted by molar-refractivity contribution is -0.137. The zero-order valence-corrected chi connectivity index (χ0v) is 13.9. The molecule has 130 valence electrons. The van der Waals surface area contributed by atoms with Crippen LogP contribution in [0.3, 0.4) is 0 Å². The second-order valence-corrected chi connectivity index (χ2v) is 5.76. The Balaban J connectivity index is 1.85. The predicted molar refractivity (Wildman–Crippen MR) is 86.6 cm³/mol. The maximum Gasteiger partial charge on any atom is 0.416 e. The van der Waals surface area contributed by atoms with Gasteiger partial charge in [-0.15, -0.1) is 10.2 Å². The van der Waals surface area contributed by atoms with Crippen molar-refractivity contribution in [1.29, 1.82) is 0 Å². The van der Waals surface area contributed by atoms with E-state index in [-0.39, 0.29) is 16.8 Å². The van der Waals surface area contributed by atoms with Gasteiger partial charge in [-0.2, -0.15) is 13.2 Å². The summed E-state index contributed by atoms with van der Waals surface area (Å²) in [6.45, 7) is 3.57. The molecule has 0 atom stereocenters. The van der Waals surface area contributed by atoms with Crippen LogP contribution in [-0.2, 0) is 6.18 Å². The summed E-state index contributed by atoms with van der Waals surface area (Å²) >= 11 is 6.14. The van der Waals surface area contributed by atoms with Crippen LogP contribution in [0.1, 0.15) is 28.5 Å². The first-order valence-corrected chi connectivity index (χ1v) is 7.57. The van der Waals surface area contributed by atoms with E-state index >= 15 is 0 Å². The minimum Gasteiger partial charge on any atom is -0.466 e. The smallest absolute Gasteiger partial charge is 0.416 e. The second-order valence-electron chi connectivity index (χ2n) is 5.35. The van der Waals surface area contributed by atoms with Crippen molar-refractivity contribution < 1.29 is 22.0 Å². The fourth-order valence-electron chi connectivity index (χ4n) is 2.25. The molecule has 0 spiro atoms. The number of furan rings is 1. The molecule has 0 radical (unpaired) electrons. The van der Waals surface area contributed by atoms with Crippen LogP contribution in [0.2, 0.25) is 0 Å². The number of rotatable bonds is 3. The van der Waals surface area contributed by atoms with Crippen LogP contribution >= 0.6 is 11.6 Å². The van der Waals surface area contributed by atoms with Crippen LogP contribution in [0.5, 0.6) is 0 Å². The Morgan fingerprint density at radius 1 is 1.08 bits per heavy atom. The summed E-state index contributed by atoms with van der Waals surface area (Å²) in [6.07, 6.45) is -2.93. The first kappa shape index (κ1) is 17.3. The van der Waals surface area contributed by atoms with Gasteiger partial charge >= 0.3 is 6.18 Å². The molecule has 0 amide bonds. The third kappa shape index (κ3) is 3.76. The average Bonchev–Trinajstić information content (AvgIpc) is 3.13. The van der Waals surface area contributed by atoms with Crippen molar-refractivity contribution >= 4 is 22.7 Å². The Hall–Kier alpha value is -2.54. The molecule has 0 aliphatic rings. The highest BCUT2D eigenvalue weighted by Crippen LogP contribution is 2.31. The first-order valence-electron chi connectivity index (χ1n) is 7.20. The Kier molecular flexibility index (Phi) is 4.43. The van der Waals surface area contributed by atoms with E-state index in [4.69, 9.17) is 20.4 Å². The molecule has 1 aromatic carbocycles. The summed E-state index contributed by atoms with van der Waals surface area (Å²) in [7, 11) is 0. The second kappa shape index (κ2) is 6.40. The van der Waals surface area contributed by atoms with E-state index in [2.05, 4.69) is 10.2 Å². The zero-order chi connectivity index (χ0) is 18.2. The number of alkyl halides is 3. The standard InChI is InChI=1S/C17H12ClF3N2O2/c1-9-7-13(10(2)24-9)15-22-23-16(25-15)14(18)8-11-3-5-12(6-4-11)17(19,20)21/h3-8H,1-2H3/b14-8-. The average molecular weight is 369 g/mol. The van der Waals surface area contributed by atoms with Gasteiger partial charge in [0.05, 0.1) is 11.1 Å². The number of aryl methyl sites for hydroxylation is 2. The molecule has 4 nitrogen and oxygen atoms in total. The highest BCUT2D eigenvalue weighted by molar-refractivity contribution is 6.50. The van der Waals surface area contributed by atoms with Gasteiger partial charge in [-0.25, -0.2) is 0 Å². The molecular weight excluding hydrogens is 357 g/mol. The van der Waals surface area contributed by atoms with Crippen molar-refractivity contribution in [1.82, 2.24) is 10.2 Å². The molecule has 0 saturated carbocycles. The summed E-state index contributed by atoms with van der Waals surface area (Å²) in [5.74, 6) is 1.66. The van der Waals surface area contributed by atoms with Gasteiger partial charge in [0.25, 0.3) is 11.8 Å². The van der Waals surface area contributed by atoms with Crippen molar-refractivity contribution in [3.63, 3.8) is 0 Å². The summed E-state index contributed by atoms with van der Waals surface area (Å²) in [4.78, 5) is 0. The molecule has 0 aliphatic carbocycles. The van der Waals surface area contributed by atoms with E-state index in [1.807, 2.05) is 0 Å². The lowest BCUT2D eigenvalue weighted by Crippen LogP contribution is -2.03. The predicted octanol–water partition coefficient (Wildman–Crippen LogP) is 5.70. The Bertz CT molecular complexity index is 924. The molecule has 0 fully saturated rings. The molecule has 3 aromatic rings. The fraction of sp³-hybridized carbons (Fsp3) is 0.176. The van der Waals surface area contributed by atoms with E-state index in [0.717, 1.165) is 12.1 Å². The molecule has 0 aliphatic heterocycles. The summed E-state index contributed by atoms with van der Waals surface area (Å²) in [5, 5.41) is 7.90. The Morgan fingerprint density at radius 2 is 1.76 bits per heavy atom. The molecule has 8 heteroatoms. The highest BCUT2D eigenvalue weighted by Gasteiger charge is 2.29. The van der Waals surface area contributed by atoms with E-state index in [1.165, 1.54) is 18.2 Å². The summed E-state index contributed by atoms with van der Waals surface area (Å²) in [5.41, 5.74) is 0.412. The largest absolute Gasteiger partial charge is 0.466 e. The maximum absolute atomic E-state index is 12.6. The number of halogens is 4. The minimum atomic E-state index is -4.38. The van der Waals surface area contributed by atoms with Gasteiger partial charge in [0.2, 0.25) is 0 Å². The van der Waals surface area contributed by atoms with Crippen LogP contribution in [0.25, 0.3) is 22.6 Å². The van der Waals surface area contributed by atoms with E-state index in [0.29, 0.717) is 22.6 Å². The quantitative estimate of drug-likeness (QED) is 0.594. The fourth-order valence-corrected chi connectivity index (χ4v) is 2.45. The first-order chi connectivity index (χ1) is 11.7. The van der Waals surface area contributed by atoms with Gasteiger partial charge in [-0.3, -0.25) is 0 Å². The normalized spacial score (nSPS) is 12.6. The molecule has 25 heavy (non-hydrogen) atoms. The van der Waals surface area contributed by atoms with Gasteiger partial charge in [0, 0.05) is 0 Å². The Labute approximate surface area is 145 Å². The van der Waals surface area contributed by atoms with Crippen LogP contribution in [0.15, 0.2) is 39.2 Å². The molecule has 2 aromatic heterocycles. The maximum atomic E-state index is 12.6. The molecule has 0 bridgehead atoms. The van der Waals surface area contributed by atoms with Gasteiger partial charge < -0.3 is 8.83 Å². The SMILES string of the molecule is Cc1cc(-c2nnc(/C(Cl)=C/c3ccc(C(F)(F)F)cc3)o2)c(C)o1. The zero-order valence-electron chi connectivity index (χ0n) is 13.2. The van der Waals surface area contributed by atoms with Gasteiger partial charge in [-0.05, 0) is 43.7 Å². The van der Waals surface area contributed by atoms with Crippen molar-refractivity contribution in [3.05, 3.63) is 58.9 Å². The lowest BCUT2D eigenvalue weighted by Gasteiger charge is -2.05. The van der Waals surface area contributed by atoms with Crippen molar-refractivity contribution in [3.8, 4) is 11.5 Å². The Morgan fingerprint density at radius 3 is 2.32 bits per heavy atom. The summed E-state index contributed by atoms with van der Waals surface area (Å²) in [6, 6.07) is 6.35. The van der Waals surface area contributed by atoms with Gasteiger partial charge in [0.15, 0.2) is 0 Å². The van der Waals surface area contributed by atoms with E-state index < -0.39 is 11.7 Å². The van der Waals surface area contributed by atoms with Gasteiger partial charge in [-0.1, -0.05) is 23.7 Å². The number of benzene rings is 1. The van der Waals surface area contributed by atoms with Crippen molar-refractivity contribution in [2.45, 2.75) is 20.0 Å². The van der Waals surface area contributed by atoms with Crippen LogP contribution in [-0.4, -0.2) is 10.2 Å². The molecule has 0 N–H and O–H groups in total. The molecule has 0 saturated heterocycles. The molecule has 2 heterocycles. The topological polar surface area (TPSA) is 52.1 Å². The highest BCUT2D eigenvalue weighted by atomic mass is 35.5.